The van der Waals surface area contributed by atoms with Crippen molar-refractivity contribution >= 4 is 18.4 Å². The van der Waals surface area contributed by atoms with Crippen molar-refractivity contribution in [2.75, 3.05) is 0 Å². The van der Waals surface area contributed by atoms with Gasteiger partial charge in [-0.25, -0.2) is 0 Å². The Morgan fingerprint density at radius 3 is 2.28 bits per heavy atom. The minimum atomic E-state index is -0.782. The van der Waals surface area contributed by atoms with Gasteiger partial charge in [0.1, 0.15) is 6.04 Å². The molecule has 0 saturated carbocycles. The van der Waals surface area contributed by atoms with E-state index in [1.807, 2.05) is 51.1 Å². The molecule has 2 N–H and O–H groups in total. The molecule has 1 atom stereocenters. The van der Waals surface area contributed by atoms with Crippen LogP contribution in [-0.2, 0) is 11.3 Å². The lowest BCUT2D eigenvalue weighted by Gasteiger charge is -2.24. The van der Waals surface area contributed by atoms with Crippen molar-refractivity contribution in [3.63, 3.8) is 0 Å². The van der Waals surface area contributed by atoms with E-state index in [0.717, 1.165) is 5.56 Å². The average Bonchev–Trinajstić information content (AvgIpc) is 2.24. The minimum Gasteiger partial charge on any atom is -0.480 e. The quantitative estimate of drug-likeness (QED) is 0.865. The van der Waals surface area contributed by atoms with Gasteiger partial charge in [0, 0.05) is 6.54 Å². The van der Waals surface area contributed by atoms with Crippen LogP contribution in [0, 0.1) is 5.41 Å². The molecule has 0 radical (unpaired) electrons. The summed E-state index contributed by atoms with van der Waals surface area (Å²) in [5.74, 6) is -0.782. The number of rotatable bonds is 5. The SMILES string of the molecule is CC(C)(C)C[C@H](NCc1ccccc1)C(=O)O.Cl. The molecule has 0 aliphatic rings. The number of nitrogens with one attached hydrogen (secondary N) is 1. The second-order valence-corrected chi connectivity index (χ2v) is 5.52. The van der Waals surface area contributed by atoms with Gasteiger partial charge in [0.25, 0.3) is 0 Å². The molecule has 3 nitrogen and oxygen atoms in total. The maximum atomic E-state index is 11.1. The lowest BCUT2D eigenvalue weighted by Crippen LogP contribution is -2.39. The van der Waals surface area contributed by atoms with Gasteiger partial charge in [0.15, 0.2) is 0 Å². The van der Waals surface area contributed by atoms with E-state index in [0.29, 0.717) is 13.0 Å². The van der Waals surface area contributed by atoms with Crippen molar-refractivity contribution in [3.8, 4) is 0 Å². The van der Waals surface area contributed by atoms with Crippen LogP contribution in [0.1, 0.15) is 32.8 Å². The zero-order valence-corrected chi connectivity index (χ0v) is 12.0. The summed E-state index contributed by atoms with van der Waals surface area (Å²) in [6.07, 6.45) is 0.620. The molecule has 102 valence electrons. The molecule has 0 spiro atoms. The van der Waals surface area contributed by atoms with Crippen LogP contribution in [0.15, 0.2) is 30.3 Å². The number of hydrogen-bond acceptors (Lipinski definition) is 2. The molecule has 4 heteroatoms. The second-order valence-electron chi connectivity index (χ2n) is 5.52. The summed E-state index contributed by atoms with van der Waals surface area (Å²) in [5.41, 5.74) is 1.11. The first-order valence-corrected chi connectivity index (χ1v) is 5.88. The van der Waals surface area contributed by atoms with Crippen LogP contribution in [0.5, 0.6) is 0 Å². The largest absolute Gasteiger partial charge is 0.480 e. The van der Waals surface area contributed by atoms with Crippen LogP contribution in [0.25, 0.3) is 0 Å². The van der Waals surface area contributed by atoms with Crippen molar-refractivity contribution in [1.82, 2.24) is 5.32 Å². The van der Waals surface area contributed by atoms with Crippen LogP contribution < -0.4 is 5.32 Å². The number of carboxylic acids is 1. The van der Waals surface area contributed by atoms with Gasteiger partial charge in [-0.2, -0.15) is 0 Å². The van der Waals surface area contributed by atoms with Gasteiger partial charge in [0.05, 0.1) is 0 Å². The fraction of sp³-hybridized carbons (Fsp3) is 0.500. The zero-order valence-electron chi connectivity index (χ0n) is 11.1. The number of hydrogen-bond donors (Lipinski definition) is 2. The fourth-order valence-electron chi connectivity index (χ4n) is 1.70. The van der Waals surface area contributed by atoms with Gasteiger partial charge >= 0.3 is 5.97 Å². The molecule has 18 heavy (non-hydrogen) atoms. The van der Waals surface area contributed by atoms with Crippen LogP contribution >= 0.6 is 12.4 Å². The summed E-state index contributed by atoms with van der Waals surface area (Å²) >= 11 is 0. The highest BCUT2D eigenvalue weighted by atomic mass is 35.5. The predicted molar refractivity (Wildman–Crippen MR) is 76.0 cm³/mol. The van der Waals surface area contributed by atoms with E-state index >= 15 is 0 Å². The molecule has 0 unspecified atom stereocenters. The van der Waals surface area contributed by atoms with Crippen LogP contribution in [0.2, 0.25) is 0 Å². The van der Waals surface area contributed by atoms with Gasteiger partial charge in [0.2, 0.25) is 0 Å². The minimum absolute atomic E-state index is 0. The molecule has 0 fully saturated rings. The normalized spacial score (nSPS) is 12.6. The Morgan fingerprint density at radius 2 is 1.83 bits per heavy atom. The molecule has 0 bridgehead atoms. The summed E-state index contributed by atoms with van der Waals surface area (Å²) in [6.45, 7) is 6.74. The third-order valence-corrected chi connectivity index (χ3v) is 2.51. The third kappa shape index (κ3) is 6.62. The summed E-state index contributed by atoms with van der Waals surface area (Å²) in [5, 5.41) is 12.2. The summed E-state index contributed by atoms with van der Waals surface area (Å²) in [6, 6.07) is 9.35. The van der Waals surface area contributed by atoms with Crippen molar-refractivity contribution in [3.05, 3.63) is 35.9 Å². The molecular formula is C14H22ClNO2. The topological polar surface area (TPSA) is 49.3 Å². The highest BCUT2D eigenvalue weighted by Crippen LogP contribution is 2.21. The molecule has 0 aliphatic carbocycles. The smallest absolute Gasteiger partial charge is 0.320 e. The Morgan fingerprint density at radius 1 is 1.28 bits per heavy atom. The molecule has 0 aromatic heterocycles. The van der Waals surface area contributed by atoms with Crippen molar-refractivity contribution in [2.24, 2.45) is 5.41 Å². The first kappa shape index (κ1) is 16.9. The lowest BCUT2D eigenvalue weighted by molar-refractivity contribution is -0.140. The lowest BCUT2D eigenvalue weighted by atomic mass is 9.88. The summed E-state index contributed by atoms with van der Waals surface area (Å²) in [4.78, 5) is 11.1. The van der Waals surface area contributed by atoms with E-state index in [4.69, 9.17) is 5.11 Å². The molecule has 0 heterocycles. The first-order chi connectivity index (χ1) is 7.88. The van der Waals surface area contributed by atoms with Gasteiger partial charge in [-0.05, 0) is 17.4 Å². The summed E-state index contributed by atoms with van der Waals surface area (Å²) in [7, 11) is 0. The Hall–Kier alpha value is -1.06. The fourth-order valence-corrected chi connectivity index (χ4v) is 1.70. The van der Waals surface area contributed by atoms with Crippen molar-refractivity contribution in [1.29, 1.82) is 0 Å². The van der Waals surface area contributed by atoms with Gasteiger partial charge in [-0.1, -0.05) is 51.1 Å². The molecular weight excluding hydrogens is 250 g/mol. The van der Waals surface area contributed by atoms with E-state index in [-0.39, 0.29) is 17.8 Å². The van der Waals surface area contributed by atoms with Crippen molar-refractivity contribution in [2.45, 2.75) is 39.8 Å². The second kappa shape index (κ2) is 7.39. The highest BCUT2D eigenvalue weighted by Gasteiger charge is 2.23. The number of benzene rings is 1. The van der Waals surface area contributed by atoms with E-state index in [1.165, 1.54) is 0 Å². The molecule has 0 saturated heterocycles. The van der Waals surface area contributed by atoms with Crippen molar-refractivity contribution < 1.29 is 9.90 Å². The maximum absolute atomic E-state index is 11.1. The Balaban J connectivity index is 0.00000289. The Bertz CT molecular complexity index is 360. The zero-order chi connectivity index (χ0) is 12.9. The maximum Gasteiger partial charge on any atom is 0.320 e. The number of aliphatic carboxylic acids is 1. The molecule has 0 aliphatic heterocycles. The predicted octanol–water partition coefficient (Wildman–Crippen LogP) is 3.09. The van der Waals surface area contributed by atoms with Crippen LogP contribution in [0.3, 0.4) is 0 Å². The van der Waals surface area contributed by atoms with E-state index < -0.39 is 12.0 Å². The highest BCUT2D eigenvalue weighted by molar-refractivity contribution is 5.85. The third-order valence-electron chi connectivity index (χ3n) is 2.51. The Kier molecular flexibility index (Phi) is 6.96. The number of carboxylic acid groups (broad SMARTS) is 1. The van der Waals surface area contributed by atoms with Gasteiger partial charge in [-0.15, -0.1) is 12.4 Å². The van der Waals surface area contributed by atoms with E-state index in [9.17, 15) is 4.79 Å². The molecule has 1 aromatic carbocycles. The standard InChI is InChI=1S/C14H21NO2.ClH/c1-14(2,3)9-12(13(16)17)15-10-11-7-5-4-6-8-11;/h4-8,12,15H,9-10H2,1-3H3,(H,16,17);1H/t12-;/m0./s1. The Labute approximate surface area is 115 Å². The molecule has 1 rings (SSSR count). The number of halogens is 1. The van der Waals surface area contributed by atoms with E-state index in [2.05, 4.69) is 5.32 Å². The molecule has 1 aromatic rings. The molecule has 0 amide bonds. The average molecular weight is 272 g/mol. The monoisotopic (exact) mass is 271 g/mol. The first-order valence-electron chi connectivity index (χ1n) is 5.88. The van der Waals surface area contributed by atoms with Crippen LogP contribution in [0.4, 0.5) is 0 Å². The number of carbonyl (C=O) groups is 1. The van der Waals surface area contributed by atoms with Gasteiger partial charge in [-0.3, -0.25) is 4.79 Å². The van der Waals surface area contributed by atoms with Crippen LogP contribution in [-0.4, -0.2) is 17.1 Å². The van der Waals surface area contributed by atoms with E-state index in [1.54, 1.807) is 0 Å². The van der Waals surface area contributed by atoms with Gasteiger partial charge < -0.3 is 10.4 Å². The summed E-state index contributed by atoms with van der Waals surface area (Å²) < 4.78 is 0.